The van der Waals surface area contributed by atoms with Gasteiger partial charge in [-0.15, -0.1) is 12.4 Å². The molecule has 0 bridgehead atoms. The summed E-state index contributed by atoms with van der Waals surface area (Å²) in [6.07, 6.45) is 0. The number of amides is 2. The number of nitrogens with one attached hydrogen (secondary N) is 1. The van der Waals surface area contributed by atoms with Crippen LogP contribution in [0.3, 0.4) is 0 Å². The molecule has 2 amide bonds. The van der Waals surface area contributed by atoms with E-state index in [4.69, 9.17) is 11.6 Å². The highest BCUT2D eigenvalue weighted by Gasteiger charge is 2.30. The van der Waals surface area contributed by atoms with Gasteiger partial charge in [-0.1, -0.05) is 29.8 Å². The Labute approximate surface area is 183 Å². The van der Waals surface area contributed by atoms with E-state index in [1.54, 1.807) is 29.2 Å². The molecule has 0 aliphatic carbocycles. The zero-order valence-corrected chi connectivity index (χ0v) is 18.3. The van der Waals surface area contributed by atoms with Crippen LogP contribution < -0.4 is 5.32 Å². The van der Waals surface area contributed by atoms with Crippen LogP contribution in [0.1, 0.15) is 46.2 Å². The predicted octanol–water partition coefficient (Wildman–Crippen LogP) is 4.03. The quantitative estimate of drug-likeness (QED) is 0.770. The van der Waals surface area contributed by atoms with Crippen molar-refractivity contribution in [2.24, 2.45) is 0 Å². The zero-order valence-electron chi connectivity index (χ0n) is 16.7. The van der Waals surface area contributed by atoms with Gasteiger partial charge in [0.2, 0.25) is 0 Å². The summed E-state index contributed by atoms with van der Waals surface area (Å²) in [5.74, 6) is -0.0617. The van der Waals surface area contributed by atoms with Crippen molar-refractivity contribution in [3.8, 4) is 0 Å². The molecule has 7 heteroatoms. The number of rotatable bonds is 5. The molecule has 2 aromatic rings. The second kappa shape index (κ2) is 10.6. The van der Waals surface area contributed by atoms with Crippen LogP contribution in [0.2, 0.25) is 5.02 Å². The predicted molar refractivity (Wildman–Crippen MR) is 119 cm³/mol. The fourth-order valence-corrected chi connectivity index (χ4v) is 3.85. The molecule has 1 heterocycles. The van der Waals surface area contributed by atoms with E-state index >= 15 is 0 Å². The molecule has 1 aliphatic rings. The topological polar surface area (TPSA) is 52.7 Å². The van der Waals surface area contributed by atoms with Crippen molar-refractivity contribution in [2.45, 2.75) is 19.9 Å². The van der Waals surface area contributed by atoms with Crippen LogP contribution in [0.4, 0.5) is 0 Å². The molecule has 3 rings (SSSR count). The van der Waals surface area contributed by atoms with Crippen molar-refractivity contribution in [3.63, 3.8) is 0 Å². The van der Waals surface area contributed by atoms with Gasteiger partial charge in [0.05, 0.1) is 6.04 Å². The SMILES string of the molecule is CCN(CC)C(=O)c1ccc(C(=O)N2CCNCC2c2ccccc2Cl)cc1.Cl. The molecule has 1 fully saturated rings. The Bertz CT molecular complexity index is 838. The summed E-state index contributed by atoms with van der Waals surface area (Å²) in [6.45, 7) is 7.25. The van der Waals surface area contributed by atoms with Gasteiger partial charge in [-0.2, -0.15) is 0 Å². The summed E-state index contributed by atoms with van der Waals surface area (Å²) in [5, 5.41) is 4.00. The minimum Gasteiger partial charge on any atom is -0.339 e. The molecule has 29 heavy (non-hydrogen) atoms. The van der Waals surface area contributed by atoms with Gasteiger partial charge in [-0.05, 0) is 49.7 Å². The van der Waals surface area contributed by atoms with Crippen molar-refractivity contribution < 1.29 is 9.59 Å². The summed E-state index contributed by atoms with van der Waals surface area (Å²) in [7, 11) is 0. The average Bonchev–Trinajstić information content (AvgIpc) is 2.74. The van der Waals surface area contributed by atoms with Crippen molar-refractivity contribution in [1.29, 1.82) is 0 Å². The van der Waals surface area contributed by atoms with Crippen LogP contribution in [0.5, 0.6) is 0 Å². The van der Waals surface area contributed by atoms with E-state index in [9.17, 15) is 9.59 Å². The van der Waals surface area contributed by atoms with Crippen molar-refractivity contribution in [2.75, 3.05) is 32.7 Å². The highest BCUT2D eigenvalue weighted by atomic mass is 35.5. The second-order valence-electron chi connectivity index (χ2n) is 6.79. The van der Waals surface area contributed by atoms with E-state index in [1.165, 1.54) is 0 Å². The van der Waals surface area contributed by atoms with E-state index in [0.717, 1.165) is 12.1 Å². The summed E-state index contributed by atoms with van der Waals surface area (Å²) in [5.41, 5.74) is 2.12. The molecule has 1 atom stereocenters. The fourth-order valence-electron chi connectivity index (χ4n) is 3.59. The third-order valence-corrected chi connectivity index (χ3v) is 5.54. The molecule has 0 spiro atoms. The number of nitrogens with zero attached hydrogens (tertiary/aromatic N) is 2. The van der Waals surface area contributed by atoms with Gasteiger partial charge in [0, 0.05) is 48.9 Å². The third-order valence-electron chi connectivity index (χ3n) is 5.20. The van der Waals surface area contributed by atoms with E-state index < -0.39 is 0 Å². The minimum absolute atomic E-state index is 0. The van der Waals surface area contributed by atoms with Crippen LogP contribution in [0.25, 0.3) is 0 Å². The van der Waals surface area contributed by atoms with Crippen LogP contribution in [-0.2, 0) is 0 Å². The zero-order chi connectivity index (χ0) is 20.1. The molecule has 1 saturated heterocycles. The number of hydrogen-bond acceptors (Lipinski definition) is 3. The minimum atomic E-state index is -0.119. The van der Waals surface area contributed by atoms with Crippen LogP contribution in [0, 0.1) is 0 Å². The lowest BCUT2D eigenvalue weighted by molar-refractivity contribution is 0.0633. The Morgan fingerprint density at radius 1 is 1.07 bits per heavy atom. The molecule has 1 unspecified atom stereocenters. The lowest BCUT2D eigenvalue weighted by Crippen LogP contribution is -2.48. The number of benzene rings is 2. The molecule has 1 aliphatic heterocycles. The lowest BCUT2D eigenvalue weighted by Gasteiger charge is -2.37. The van der Waals surface area contributed by atoms with Gasteiger partial charge in [0.25, 0.3) is 11.8 Å². The van der Waals surface area contributed by atoms with Gasteiger partial charge in [0.1, 0.15) is 0 Å². The Hall–Kier alpha value is -2.08. The first-order chi connectivity index (χ1) is 13.6. The second-order valence-corrected chi connectivity index (χ2v) is 7.20. The third kappa shape index (κ3) is 5.10. The monoisotopic (exact) mass is 435 g/mol. The van der Waals surface area contributed by atoms with Gasteiger partial charge in [0.15, 0.2) is 0 Å². The van der Waals surface area contributed by atoms with E-state index in [0.29, 0.717) is 42.3 Å². The van der Waals surface area contributed by atoms with E-state index in [1.807, 2.05) is 43.0 Å². The molecule has 5 nitrogen and oxygen atoms in total. The van der Waals surface area contributed by atoms with Crippen LogP contribution in [-0.4, -0.2) is 54.3 Å². The van der Waals surface area contributed by atoms with Gasteiger partial charge >= 0.3 is 0 Å². The standard InChI is InChI=1S/C22H26ClN3O2.ClH/c1-3-25(4-2)21(27)16-9-11-17(12-10-16)22(28)26-14-13-24-15-20(26)18-7-5-6-8-19(18)23;/h5-12,20,24H,3-4,13-15H2,1-2H3;1H. The van der Waals surface area contributed by atoms with Crippen molar-refractivity contribution in [3.05, 3.63) is 70.2 Å². The number of carbonyl (C=O) groups excluding carboxylic acids is 2. The van der Waals surface area contributed by atoms with Crippen molar-refractivity contribution >= 4 is 35.8 Å². The van der Waals surface area contributed by atoms with Crippen LogP contribution >= 0.6 is 24.0 Å². The summed E-state index contributed by atoms with van der Waals surface area (Å²) >= 11 is 6.38. The Kier molecular flexibility index (Phi) is 8.50. The maximum atomic E-state index is 13.2. The van der Waals surface area contributed by atoms with Gasteiger partial charge < -0.3 is 15.1 Å². The molecule has 0 radical (unpaired) electrons. The smallest absolute Gasteiger partial charge is 0.254 e. The van der Waals surface area contributed by atoms with Crippen molar-refractivity contribution in [1.82, 2.24) is 15.1 Å². The molecule has 0 saturated carbocycles. The van der Waals surface area contributed by atoms with Gasteiger partial charge in [-0.25, -0.2) is 0 Å². The number of piperazine rings is 1. The highest BCUT2D eigenvalue weighted by molar-refractivity contribution is 6.31. The highest BCUT2D eigenvalue weighted by Crippen LogP contribution is 2.29. The number of halogens is 2. The molecule has 156 valence electrons. The maximum Gasteiger partial charge on any atom is 0.254 e. The Morgan fingerprint density at radius 2 is 1.69 bits per heavy atom. The van der Waals surface area contributed by atoms with Crippen LogP contribution in [0.15, 0.2) is 48.5 Å². The first-order valence-electron chi connectivity index (χ1n) is 9.72. The Balaban J connectivity index is 0.00000300. The Morgan fingerprint density at radius 3 is 2.31 bits per heavy atom. The van der Waals surface area contributed by atoms with E-state index in [-0.39, 0.29) is 30.3 Å². The fraction of sp³-hybridized carbons (Fsp3) is 0.364. The molecular weight excluding hydrogens is 409 g/mol. The largest absolute Gasteiger partial charge is 0.339 e. The first-order valence-corrected chi connectivity index (χ1v) is 10.1. The molecular formula is C22H27Cl2N3O2. The summed E-state index contributed by atoms with van der Waals surface area (Å²) < 4.78 is 0. The molecule has 1 N–H and O–H groups in total. The average molecular weight is 436 g/mol. The normalized spacial score (nSPS) is 16.1. The van der Waals surface area contributed by atoms with E-state index in [2.05, 4.69) is 5.32 Å². The summed E-state index contributed by atoms with van der Waals surface area (Å²) in [4.78, 5) is 29.3. The lowest BCUT2D eigenvalue weighted by atomic mass is 10.0. The molecule has 2 aromatic carbocycles. The van der Waals surface area contributed by atoms with Gasteiger partial charge in [-0.3, -0.25) is 9.59 Å². The maximum absolute atomic E-state index is 13.2. The summed E-state index contributed by atoms with van der Waals surface area (Å²) in [6, 6.07) is 14.5. The molecule has 0 aromatic heterocycles. The number of carbonyl (C=O) groups is 2. The first kappa shape index (κ1) is 23.2. The number of hydrogen-bond donors (Lipinski definition) is 1.